The Balaban J connectivity index is 1.85. The summed E-state index contributed by atoms with van der Waals surface area (Å²) in [5, 5.41) is 10.5. The Kier molecular flexibility index (Phi) is 3.00. The van der Waals surface area contributed by atoms with Crippen molar-refractivity contribution in [2.75, 3.05) is 11.6 Å². The largest absolute Gasteiger partial charge is 0.262 e. The van der Waals surface area contributed by atoms with E-state index >= 15 is 0 Å². The molecular formula is C14H14N4. The van der Waals surface area contributed by atoms with Gasteiger partial charge in [0.05, 0.1) is 11.9 Å². The van der Waals surface area contributed by atoms with E-state index in [4.69, 9.17) is 0 Å². The van der Waals surface area contributed by atoms with Crippen LogP contribution in [0.5, 0.6) is 0 Å². The smallest absolute Gasteiger partial charge is 0.106 e. The van der Waals surface area contributed by atoms with E-state index in [9.17, 15) is 0 Å². The van der Waals surface area contributed by atoms with Crippen LogP contribution in [0.4, 0.5) is 11.4 Å². The Labute approximate surface area is 106 Å². The molecule has 0 amide bonds. The maximum atomic E-state index is 4.31. The van der Waals surface area contributed by atoms with Crippen LogP contribution in [0.25, 0.3) is 0 Å². The number of aromatic nitrogens is 1. The van der Waals surface area contributed by atoms with Gasteiger partial charge in [-0.05, 0) is 36.6 Å². The van der Waals surface area contributed by atoms with Crippen LogP contribution >= 0.6 is 0 Å². The lowest BCUT2D eigenvalue weighted by Gasteiger charge is -2.25. The number of anilines is 1. The highest BCUT2D eigenvalue weighted by molar-refractivity contribution is 5.54. The van der Waals surface area contributed by atoms with Crippen molar-refractivity contribution in [1.29, 1.82) is 0 Å². The predicted molar refractivity (Wildman–Crippen MR) is 70.9 cm³/mol. The highest BCUT2D eigenvalue weighted by Crippen LogP contribution is 2.27. The molecule has 2 heterocycles. The Morgan fingerprint density at radius 1 is 1.11 bits per heavy atom. The summed E-state index contributed by atoms with van der Waals surface area (Å²) >= 11 is 0. The van der Waals surface area contributed by atoms with Crippen LogP contribution < -0.4 is 5.01 Å². The molecule has 1 aromatic heterocycles. The van der Waals surface area contributed by atoms with Crippen LogP contribution in [-0.2, 0) is 6.42 Å². The molecule has 3 rings (SSSR count). The number of para-hydroxylation sites is 1. The molecule has 0 atom stereocenters. The zero-order valence-corrected chi connectivity index (χ0v) is 10.0. The zero-order valence-electron chi connectivity index (χ0n) is 10.0. The fourth-order valence-electron chi connectivity index (χ4n) is 2.13. The Morgan fingerprint density at radius 3 is 2.94 bits per heavy atom. The number of aryl methyl sites for hydroxylation is 1. The molecule has 1 aliphatic heterocycles. The minimum absolute atomic E-state index is 0.778. The lowest BCUT2D eigenvalue weighted by atomic mass is 10.0. The molecule has 0 bridgehead atoms. The van der Waals surface area contributed by atoms with Crippen LogP contribution in [0, 0.1) is 0 Å². The molecule has 2 aromatic rings. The molecule has 0 fully saturated rings. The van der Waals surface area contributed by atoms with Gasteiger partial charge in [-0.2, -0.15) is 0 Å². The van der Waals surface area contributed by atoms with Crippen molar-refractivity contribution in [3.63, 3.8) is 0 Å². The summed E-state index contributed by atoms with van der Waals surface area (Å²) in [5.41, 5.74) is 3.28. The number of pyridine rings is 1. The first-order valence-electron chi connectivity index (χ1n) is 6.10. The number of nitrogens with zero attached hydrogens (tertiary/aromatic N) is 4. The van der Waals surface area contributed by atoms with Gasteiger partial charge in [-0.25, -0.2) is 5.01 Å². The van der Waals surface area contributed by atoms with Crippen LogP contribution in [-0.4, -0.2) is 11.5 Å². The zero-order chi connectivity index (χ0) is 12.2. The van der Waals surface area contributed by atoms with Crippen molar-refractivity contribution in [3.05, 3.63) is 54.4 Å². The average Bonchev–Trinajstić information content (AvgIpc) is 2.46. The molecular weight excluding hydrogens is 224 g/mol. The molecule has 4 nitrogen and oxygen atoms in total. The van der Waals surface area contributed by atoms with Crippen molar-refractivity contribution in [2.24, 2.45) is 10.3 Å². The number of hydrogen-bond acceptors (Lipinski definition) is 3. The van der Waals surface area contributed by atoms with Gasteiger partial charge in [0.1, 0.15) is 5.69 Å². The van der Waals surface area contributed by atoms with E-state index in [0.29, 0.717) is 0 Å². The van der Waals surface area contributed by atoms with E-state index in [2.05, 4.69) is 33.5 Å². The number of benzene rings is 1. The van der Waals surface area contributed by atoms with E-state index in [-0.39, 0.29) is 0 Å². The Hall–Kier alpha value is -2.23. The first-order valence-corrected chi connectivity index (χ1v) is 6.10. The molecule has 1 aliphatic rings. The summed E-state index contributed by atoms with van der Waals surface area (Å²) in [5.74, 6) is 0. The summed E-state index contributed by atoms with van der Waals surface area (Å²) in [7, 11) is 0. The van der Waals surface area contributed by atoms with Gasteiger partial charge >= 0.3 is 0 Å². The van der Waals surface area contributed by atoms with Gasteiger partial charge in [0.2, 0.25) is 0 Å². The van der Waals surface area contributed by atoms with E-state index in [1.54, 1.807) is 12.4 Å². The molecule has 1 aromatic carbocycles. The maximum absolute atomic E-state index is 4.31. The lowest BCUT2D eigenvalue weighted by molar-refractivity contribution is 0.693. The van der Waals surface area contributed by atoms with Gasteiger partial charge in [0, 0.05) is 12.7 Å². The van der Waals surface area contributed by atoms with E-state index in [1.807, 2.05) is 23.2 Å². The number of hydrogen-bond donors (Lipinski definition) is 0. The summed E-state index contributed by atoms with van der Waals surface area (Å²) in [6.45, 7) is 0.917. The highest BCUT2D eigenvalue weighted by Gasteiger charge is 2.15. The third-order valence-corrected chi connectivity index (χ3v) is 3.00. The molecule has 0 saturated carbocycles. The van der Waals surface area contributed by atoms with Gasteiger partial charge in [-0.1, -0.05) is 23.4 Å². The third-order valence-electron chi connectivity index (χ3n) is 3.00. The van der Waals surface area contributed by atoms with Crippen LogP contribution in [0.3, 0.4) is 0 Å². The number of fused-ring (bicyclic) bond motifs is 1. The van der Waals surface area contributed by atoms with Gasteiger partial charge in [0.15, 0.2) is 0 Å². The average molecular weight is 238 g/mol. The van der Waals surface area contributed by atoms with Gasteiger partial charge < -0.3 is 0 Å². The molecule has 0 spiro atoms. The second-order valence-corrected chi connectivity index (χ2v) is 4.26. The van der Waals surface area contributed by atoms with Gasteiger partial charge in [-0.3, -0.25) is 4.98 Å². The van der Waals surface area contributed by atoms with E-state index in [0.717, 1.165) is 30.8 Å². The molecule has 0 saturated heterocycles. The summed E-state index contributed by atoms with van der Waals surface area (Å²) in [6.07, 6.45) is 5.67. The van der Waals surface area contributed by atoms with Gasteiger partial charge in [-0.15, -0.1) is 5.11 Å². The lowest BCUT2D eigenvalue weighted by Crippen LogP contribution is -2.23. The standard InChI is InChI=1S/C14H14N4/c1-2-8-14-12(5-1)6-4-10-18(14)17-16-13-7-3-9-15-11-13/h1-3,5,7-9,11H,4,6,10H2. The monoisotopic (exact) mass is 238 g/mol. The van der Waals surface area contributed by atoms with Crippen molar-refractivity contribution in [2.45, 2.75) is 12.8 Å². The maximum Gasteiger partial charge on any atom is 0.106 e. The van der Waals surface area contributed by atoms with Gasteiger partial charge in [0.25, 0.3) is 0 Å². The topological polar surface area (TPSA) is 40.9 Å². The SMILES string of the molecule is c1cncc(N=NN2CCCc3ccccc32)c1. The second-order valence-electron chi connectivity index (χ2n) is 4.26. The molecule has 0 N–H and O–H groups in total. The molecule has 0 radical (unpaired) electrons. The Bertz CT molecular complexity index is 551. The van der Waals surface area contributed by atoms with Crippen LogP contribution in [0.15, 0.2) is 59.1 Å². The van der Waals surface area contributed by atoms with E-state index in [1.165, 1.54) is 5.56 Å². The van der Waals surface area contributed by atoms with Crippen molar-refractivity contribution < 1.29 is 0 Å². The molecule has 90 valence electrons. The Morgan fingerprint density at radius 2 is 2.06 bits per heavy atom. The second kappa shape index (κ2) is 4.96. The normalized spacial score (nSPS) is 14.8. The highest BCUT2D eigenvalue weighted by atomic mass is 15.5. The molecule has 0 unspecified atom stereocenters. The molecule has 0 aliphatic carbocycles. The van der Waals surface area contributed by atoms with Crippen LogP contribution in [0.2, 0.25) is 0 Å². The summed E-state index contributed by atoms with van der Waals surface area (Å²) in [4.78, 5) is 4.02. The summed E-state index contributed by atoms with van der Waals surface area (Å²) < 4.78 is 0. The minimum atomic E-state index is 0.778. The van der Waals surface area contributed by atoms with Crippen LogP contribution in [0.1, 0.15) is 12.0 Å². The minimum Gasteiger partial charge on any atom is -0.262 e. The number of rotatable bonds is 2. The molecule has 4 heteroatoms. The van der Waals surface area contributed by atoms with E-state index < -0.39 is 0 Å². The quantitative estimate of drug-likeness (QED) is 0.751. The van der Waals surface area contributed by atoms with Crippen molar-refractivity contribution in [1.82, 2.24) is 4.98 Å². The first-order chi connectivity index (χ1) is 8.93. The fraction of sp³-hybridized carbons (Fsp3) is 0.214. The first kappa shape index (κ1) is 10.9. The van der Waals surface area contributed by atoms with Crippen molar-refractivity contribution >= 4 is 11.4 Å². The summed E-state index contributed by atoms with van der Waals surface area (Å²) in [6, 6.07) is 12.1. The molecule has 18 heavy (non-hydrogen) atoms. The van der Waals surface area contributed by atoms with Crippen molar-refractivity contribution in [3.8, 4) is 0 Å². The predicted octanol–water partition coefficient (Wildman–Crippen LogP) is 3.53. The third kappa shape index (κ3) is 2.22. The fourth-order valence-corrected chi connectivity index (χ4v) is 2.13.